The number of hydrogen-bond donors (Lipinski definition) is 1. The van der Waals surface area contributed by atoms with Crippen LogP contribution < -0.4 is 0 Å². The van der Waals surface area contributed by atoms with Crippen LogP contribution in [0, 0.1) is 0 Å². The predicted molar refractivity (Wildman–Crippen MR) is 85.2 cm³/mol. The Hall–Kier alpha value is -1.81. The first-order chi connectivity index (χ1) is 9.78. The minimum Gasteiger partial charge on any atom is -0.389 e. The van der Waals surface area contributed by atoms with E-state index in [-0.39, 0.29) is 5.91 Å². The van der Waals surface area contributed by atoms with Crippen LogP contribution in [0.1, 0.15) is 25.8 Å². The molecule has 1 aromatic carbocycles. The zero-order chi connectivity index (χ0) is 15.6. The zero-order valence-corrected chi connectivity index (χ0v) is 13.3. The Morgan fingerprint density at radius 1 is 1.33 bits per heavy atom. The molecule has 114 valence electrons. The van der Waals surface area contributed by atoms with Crippen LogP contribution in [0.15, 0.2) is 30.5 Å². The van der Waals surface area contributed by atoms with E-state index in [0.29, 0.717) is 13.0 Å². The van der Waals surface area contributed by atoms with Crippen LogP contribution in [0.25, 0.3) is 10.9 Å². The van der Waals surface area contributed by atoms with Gasteiger partial charge in [0.15, 0.2) is 0 Å². The van der Waals surface area contributed by atoms with Crippen molar-refractivity contribution < 1.29 is 9.90 Å². The first kappa shape index (κ1) is 15.6. The Morgan fingerprint density at radius 3 is 2.67 bits per heavy atom. The first-order valence-corrected chi connectivity index (χ1v) is 7.27. The predicted octanol–water partition coefficient (Wildman–Crippen LogP) is 2.34. The highest BCUT2D eigenvalue weighted by Gasteiger charge is 2.19. The minimum atomic E-state index is -0.857. The van der Waals surface area contributed by atoms with Gasteiger partial charge in [-0.15, -0.1) is 0 Å². The van der Waals surface area contributed by atoms with Crippen molar-refractivity contribution in [2.45, 2.75) is 32.3 Å². The van der Waals surface area contributed by atoms with Gasteiger partial charge in [-0.1, -0.05) is 18.2 Å². The third-order valence-electron chi connectivity index (χ3n) is 3.64. The summed E-state index contributed by atoms with van der Waals surface area (Å²) in [7, 11) is 3.76. The SMILES string of the molecule is CN(CC(C)(C)O)C(=O)CCc1cn(C)c2ccccc12. The van der Waals surface area contributed by atoms with Gasteiger partial charge in [0.2, 0.25) is 5.91 Å². The van der Waals surface area contributed by atoms with Crippen molar-refractivity contribution >= 4 is 16.8 Å². The van der Waals surface area contributed by atoms with E-state index in [1.807, 2.05) is 19.2 Å². The van der Waals surface area contributed by atoms with Crippen LogP contribution in [-0.4, -0.2) is 39.7 Å². The van der Waals surface area contributed by atoms with Gasteiger partial charge in [-0.3, -0.25) is 4.79 Å². The fourth-order valence-electron chi connectivity index (χ4n) is 2.73. The Morgan fingerprint density at radius 2 is 2.00 bits per heavy atom. The third kappa shape index (κ3) is 3.85. The fraction of sp³-hybridized carbons (Fsp3) is 0.471. The summed E-state index contributed by atoms with van der Waals surface area (Å²) < 4.78 is 2.09. The van der Waals surface area contributed by atoms with Gasteiger partial charge in [-0.25, -0.2) is 0 Å². The number of carbonyl (C=O) groups is 1. The minimum absolute atomic E-state index is 0.0602. The lowest BCUT2D eigenvalue weighted by Crippen LogP contribution is -2.39. The van der Waals surface area contributed by atoms with E-state index >= 15 is 0 Å². The number of likely N-dealkylation sites (N-methyl/N-ethyl adjacent to an activating group) is 1. The van der Waals surface area contributed by atoms with Crippen molar-refractivity contribution in [3.05, 3.63) is 36.0 Å². The van der Waals surface area contributed by atoms with E-state index < -0.39 is 5.60 Å². The number of aryl methyl sites for hydroxylation is 2. The van der Waals surface area contributed by atoms with Crippen molar-refractivity contribution in [3.8, 4) is 0 Å². The first-order valence-electron chi connectivity index (χ1n) is 7.27. The van der Waals surface area contributed by atoms with Gasteiger partial charge in [0.05, 0.1) is 5.60 Å². The summed E-state index contributed by atoms with van der Waals surface area (Å²) in [6.07, 6.45) is 3.27. The van der Waals surface area contributed by atoms with Crippen molar-refractivity contribution in [3.63, 3.8) is 0 Å². The number of nitrogens with zero attached hydrogens (tertiary/aromatic N) is 2. The average molecular weight is 288 g/mol. The molecule has 1 aromatic heterocycles. The second-order valence-corrected chi connectivity index (χ2v) is 6.34. The maximum atomic E-state index is 12.1. The Labute approximate surface area is 126 Å². The molecule has 0 saturated carbocycles. The van der Waals surface area contributed by atoms with Crippen LogP contribution >= 0.6 is 0 Å². The Bertz CT molecular complexity index is 638. The molecule has 0 saturated heterocycles. The number of rotatable bonds is 5. The second kappa shape index (κ2) is 5.90. The highest BCUT2D eigenvalue weighted by molar-refractivity contribution is 5.84. The molecule has 0 radical (unpaired) electrons. The van der Waals surface area contributed by atoms with E-state index in [1.54, 1.807) is 25.8 Å². The smallest absolute Gasteiger partial charge is 0.222 e. The van der Waals surface area contributed by atoms with Crippen molar-refractivity contribution in [2.75, 3.05) is 13.6 Å². The zero-order valence-electron chi connectivity index (χ0n) is 13.3. The molecule has 0 fully saturated rings. The molecule has 21 heavy (non-hydrogen) atoms. The van der Waals surface area contributed by atoms with Gasteiger partial charge in [0.1, 0.15) is 0 Å². The second-order valence-electron chi connectivity index (χ2n) is 6.34. The average Bonchev–Trinajstić information content (AvgIpc) is 2.71. The molecule has 0 bridgehead atoms. The number of benzene rings is 1. The number of carbonyl (C=O) groups excluding carboxylic acids is 1. The number of amides is 1. The lowest BCUT2D eigenvalue weighted by Gasteiger charge is -2.25. The molecular weight excluding hydrogens is 264 g/mol. The third-order valence-corrected chi connectivity index (χ3v) is 3.64. The van der Waals surface area contributed by atoms with Gasteiger partial charge in [-0.2, -0.15) is 0 Å². The molecule has 0 spiro atoms. The largest absolute Gasteiger partial charge is 0.389 e. The van der Waals surface area contributed by atoms with E-state index in [2.05, 4.69) is 22.9 Å². The number of aliphatic hydroxyl groups is 1. The number of hydrogen-bond acceptors (Lipinski definition) is 2. The van der Waals surface area contributed by atoms with Crippen molar-refractivity contribution in [1.29, 1.82) is 0 Å². The highest BCUT2D eigenvalue weighted by atomic mass is 16.3. The highest BCUT2D eigenvalue weighted by Crippen LogP contribution is 2.21. The molecule has 0 aliphatic heterocycles. The lowest BCUT2D eigenvalue weighted by atomic mass is 10.1. The van der Waals surface area contributed by atoms with E-state index in [9.17, 15) is 9.90 Å². The van der Waals surface area contributed by atoms with E-state index in [1.165, 1.54) is 16.5 Å². The van der Waals surface area contributed by atoms with Gasteiger partial charge < -0.3 is 14.6 Å². The number of aromatic nitrogens is 1. The van der Waals surface area contributed by atoms with Gasteiger partial charge in [0.25, 0.3) is 0 Å². The maximum Gasteiger partial charge on any atom is 0.222 e. The summed E-state index contributed by atoms with van der Waals surface area (Å²) in [6, 6.07) is 8.22. The quantitative estimate of drug-likeness (QED) is 0.918. The van der Waals surface area contributed by atoms with Crippen molar-refractivity contribution in [1.82, 2.24) is 9.47 Å². The molecule has 2 rings (SSSR count). The number of para-hydroxylation sites is 1. The van der Waals surface area contributed by atoms with Crippen LogP contribution in [0.3, 0.4) is 0 Å². The fourth-order valence-corrected chi connectivity index (χ4v) is 2.73. The van der Waals surface area contributed by atoms with E-state index in [4.69, 9.17) is 0 Å². The Kier molecular flexibility index (Phi) is 4.37. The summed E-state index contributed by atoms with van der Waals surface area (Å²) in [6.45, 7) is 3.77. The van der Waals surface area contributed by atoms with E-state index in [0.717, 1.165) is 6.42 Å². The molecule has 1 heterocycles. The van der Waals surface area contributed by atoms with Gasteiger partial charge in [0, 0.05) is 44.2 Å². The summed E-state index contributed by atoms with van der Waals surface area (Å²) in [4.78, 5) is 13.7. The molecule has 0 aliphatic rings. The van der Waals surface area contributed by atoms with Crippen LogP contribution in [-0.2, 0) is 18.3 Å². The monoisotopic (exact) mass is 288 g/mol. The lowest BCUT2D eigenvalue weighted by molar-refractivity contribution is -0.132. The molecule has 0 aliphatic carbocycles. The summed E-state index contributed by atoms with van der Waals surface area (Å²) in [5.41, 5.74) is 1.52. The van der Waals surface area contributed by atoms with Crippen LogP contribution in [0.2, 0.25) is 0 Å². The molecular formula is C17H24N2O2. The normalized spacial score (nSPS) is 11.9. The molecule has 4 heteroatoms. The molecule has 4 nitrogen and oxygen atoms in total. The molecule has 1 amide bonds. The van der Waals surface area contributed by atoms with Crippen LogP contribution in [0.4, 0.5) is 0 Å². The number of fused-ring (bicyclic) bond motifs is 1. The summed E-state index contributed by atoms with van der Waals surface area (Å²) in [5, 5.41) is 11.0. The van der Waals surface area contributed by atoms with Gasteiger partial charge >= 0.3 is 0 Å². The summed E-state index contributed by atoms with van der Waals surface area (Å²) in [5.74, 6) is 0.0602. The standard InChI is InChI=1S/C17H24N2O2/c1-17(2,21)12-19(4)16(20)10-9-13-11-18(3)15-8-6-5-7-14(13)15/h5-8,11,21H,9-10,12H2,1-4H3. The topological polar surface area (TPSA) is 45.5 Å². The molecule has 2 aromatic rings. The van der Waals surface area contributed by atoms with Crippen molar-refractivity contribution in [2.24, 2.45) is 7.05 Å². The Balaban J connectivity index is 2.03. The molecule has 0 unspecified atom stereocenters. The molecule has 0 atom stereocenters. The molecule has 1 N–H and O–H groups in total. The van der Waals surface area contributed by atoms with Crippen LogP contribution in [0.5, 0.6) is 0 Å². The maximum absolute atomic E-state index is 12.1. The van der Waals surface area contributed by atoms with Gasteiger partial charge in [-0.05, 0) is 31.9 Å². The summed E-state index contributed by atoms with van der Waals surface area (Å²) >= 11 is 0.